The number of hydrogen-bond donors (Lipinski definition) is 0. The monoisotopic (exact) mass is 350 g/mol. The van der Waals surface area contributed by atoms with E-state index < -0.39 is 17.5 Å². The van der Waals surface area contributed by atoms with Gasteiger partial charge in [0, 0.05) is 11.5 Å². The summed E-state index contributed by atoms with van der Waals surface area (Å²) in [6.45, 7) is 7.14. The maximum Gasteiger partial charge on any atom is 0.330 e. The minimum Gasteiger partial charge on any atom is -0.462 e. The molecule has 4 fully saturated rings. The number of fused-ring (bicyclic) bond motifs is 1. The zero-order valence-corrected chi connectivity index (χ0v) is 14.9. The van der Waals surface area contributed by atoms with E-state index in [1.165, 1.54) is 0 Å². The van der Waals surface area contributed by atoms with Crippen LogP contribution in [0.4, 0.5) is 0 Å². The van der Waals surface area contributed by atoms with Crippen LogP contribution < -0.4 is 0 Å². The third-order valence-electron chi connectivity index (χ3n) is 6.13. The largest absolute Gasteiger partial charge is 0.462 e. The van der Waals surface area contributed by atoms with Crippen molar-refractivity contribution in [2.75, 3.05) is 6.61 Å². The molecule has 4 rings (SSSR count). The fourth-order valence-electron chi connectivity index (χ4n) is 4.92. The maximum absolute atomic E-state index is 12.2. The highest BCUT2D eigenvalue weighted by molar-refractivity contribution is 5.81. The second-order valence-corrected chi connectivity index (χ2v) is 8.09. The fraction of sp³-hybridized carbons (Fsp3) is 0.737. The summed E-state index contributed by atoms with van der Waals surface area (Å²) in [5.41, 5.74) is -0.931. The summed E-state index contributed by atoms with van der Waals surface area (Å²) in [4.78, 5) is 35.5. The van der Waals surface area contributed by atoms with Gasteiger partial charge in [0.1, 0.15) is 18.3 Å². The van der Waals surface area contributed by atoms with Crippen molar-refractivity contribution >= 4 is 17.9 Å². The summed E-state index contributed by atoms with van der Waals surface area (Å²) in [6.07, 6.45) is 5.23. The number of carbonyl (C=O) groups excluding carboxylic acids is 3. The van der Waals surface area contributed by atoms with Crippen molar-refractivity contribution in [3.8, 4) is 0 Å². The van der Waals surface area contributed by atoms with E-state index in [9.17, 15) is 14.4 Å². The van der Waals surface area contributed by atoms with Crippen molar-refractivity contribution < 1.29 is 28.6 Å². The molecule has 0 aromatic carbocycles. The Bertz CT molecular complexity index is 595. The zero-order chi connectivity index (χ0) is 18.2. The average Bonchev–Trinajstić information content (AvgIpc) is 2.68. The Kier molecular flexibility index (Phi) is 4.64. The Labute approximate surface area is 147 Å². The number of esters is 3. The second-order valence-electron chi connectivity index (χ2n) is 8.09. The van der Waals surface area contributed by atoms with Gasteiger partial charge in [-0.3, -0.25) is 9.59 Å². The Morgan fingerprint density at radius 1 is 1.32 bits per heavy atom. The Morgan fingerprint density at radius 2 is 2.08 bits per heavy atom. The molecule has 138 valence electrons. The lowest BCUT2D eigenvalue weighted by Crippen LogP contribution is -2.54. The summed E-state index contributed by atoms with van der Waals surface area (Å²) >= 11 is 0. The predicted molar refractivity (Wildman–Crippen MR) is 88.3 cm³/mol. The van der Waals surface area contributed by atoms with Crippen LogP contribution in [0, 0.1) is 17.3 Å². The van der Waals surface area contributed by atoms with Crippen LogP contribution in [-0.2, 0) is 28.6 Å². The molecule has 4 unspecified atom stereocenters. The van der Waals surface area contributed by atoms with Crippen molar-refractivity contribution in [1.82, 2.24) is 0 Å². The van der Waals surface area contributed by atoms with Gasteiger partial charge < -0.3 is 14.2 Å². The molecule has 2 saturated carbocycles. The third kappa shape index (κ3) is 3.44. The SMILES string of the molecule is C=CC(=O)OCCC(=O)OC(C)(C)C12CC3CC(C1)OC(=O)C(C3)C2. The highest BCUT2D eigenvalue weighted by Gasteiger charge is 2.59. The molecule has 0 aromatic rings. The first kappa shape index (κ1) is 18.0. The van der Waals surface area contributed by atoms with E-state index in [2.05, 4.69) is 6.58 Å². The standard InChI is InChI=1S/C19H26O6/c1-4-15(20)23-6-5-16(21)25-18(2,3)19-9-12-7-13(10-19)17(22)24-14(8-12)11-19/h4,12-14H,1,5-11H2,2-3H3. The number of hydrogen-bond acceptors (Lipinski definition) is 6. The first-order valence-corrected chi connectivity index (χ1v) is 8.96. The molecule has 25 heavy (non-hydrogen) atoms. The van der Waals surface area contributed by atoms with Crippen LogP contribution in [0.25, 0.3) is 0 Å². The van der Waals surface area contributed by atoms with Gasteiger partial charge in [0.15, 0.2) is 0 Å². The fourth-order valence-corrected chi connectivity index (χ4v) is 4.92. The summed E-state index contributed by atoms with van der Waals surface area (Å²) in [5, 5.41) is 0. The molecule has 0 amide bonds. The Morgan fingerprint density at radius 3 is 2.80 bits per heavy atom. The average molecular weight is 350 g/mol. The summed E-state index contributed by atoms with van der Waals surface area (Å²) < 4.78 is 16.3. The van der Waals surface area contributed by atoms with Gasteiger partial charge in [0.25, 0.3) is 0 Å². The van der Waals surface area contributed by atoms with Crippen molar-refractivity contribution in [1.29, 1.82) is 0 Å². The zero-order valence-electron chi connectivity index (χ0n) is 14.9. The molecular weight excluding hydrogens is 324 g/mol. The van der Waals surface area contributed by atoms with E-state index in [0.29, 0.717) is 12.3 Å². The molecule has 0 N–H and O–H groups in total. The van der Waals surface area contributed by atoms with Gasteiger partial charge in [0.2, 0.25) is 0 Å². The van der Waals surface area contributed by atoms with E-state index in [-0.39, 0.29) is 36.4 Å². The first-order valence-electron chi connectivity index (χ1n) is 8.96. The van der Waals surface area contributed by atoms with E-state index in [1.807, 2.05) is 13.8 Å². The van der Waals surface area contributed by atoms with Crippen LogP contribution in [0.2, 0.25) is 0 Å². The van der Waals surface area contributed by atoms with E-state index >= 15 is 0 Å². The van der Waals surface area contributed by atoms with Gasteiger partial charge in [-0.15, -0.1) is 0 Å². The molecule has 4 atom stereocenters. The molecular formula is C19H26O6. The van der Waals surface area contributed by atoms with Crippen LogP contribution in [0.15, 0.2) is 12.7 Å². The highest BCUT2D eigenvalue weighted by atomic mass is 16.6. The van der Waals surface area contributed by atoms with Crippen LogP contribution in [0.5, 0.6) is 0 Å². The molecule has 0 spiro atoms. The van der Waals surface area contributed by atoms with Crippen LogP contribution >= 0.6 is 0 Å². The molecule has 2 heterocycles. The summed E-state index contributed by atoms with van der Waals surface area (Å²) in [5.74, 6) is -0.676. The van der Waals surface area contributed by atoms with Crippen molar-refractivity contribution in [2.45, 2.75) is 64.1 Å². The lowest BCUT2D eigenvalue weighted by atomic mass is 9.53. The van der Waals surface area contributed by atoms with Gasteiger partial charge >= 0.3 is 17.9 Å². The molecule has 2 aliphatic carbocycles. The molecule has 6 nitrogen and oxygen atoms in total. The topological polar surface area (TPSA) is 78.9 Å². The highest BCUT2D eigenvalue weighted by Crippen LogP contribution is 2.59. The normalized spacial score (nSPS) is 33.4. The van der Waals surface area contributed by atoms with Crippen LogP contribution in [0.3, 0.4) is 0 Å². The van der Waals surface area contributed by atoms with Gasteiger partial charge in [0.05, 0.1) is 12.3 Å². The van der Waals surface area contributed by atoms with Gasteiger partial charge in [-0.25, -0.2) is 4.79 Å². The molecule has 2 aliphatic heterocycles. The van der Waals surface area contributed by atoms with Gasteiger partial charge in [-0.05, 0) is 51.9 Å². The minimum atomic E-state index is -0.698. The van der Waals surface area contributed by atoms with Crippen molar-refractivity contribution in [2.24, 2.45) is 17.3 Å². The lowest BCUT2D eigenvalue weighted by molar-refractivity contribution is -0.186. The number of rotatable bonds is 6. The van der Waals surface area contributed by atoms with Gasteiger partial charge in [-0.2, -0.15) is 0 Å². The second kappa shape index (κ2) is 6.46. The van der Waals surface area contributed by atoms with Crippen molar-refractivity contribution in [3.05, 3.63) is 12.7 Å². The predicted octanol–water partition coefficient (Wildman–Crippen LogP) is 2.55. The number of carbonyl (C=O) groups is 3. The smallest absolute Gasteiger partial charge is 0.330 e. The summed E-state index contributed by atoms with van der Waals surface area (Å²) in [6, 6.07) is 0. The maximum atomic E-state index is 12.2. The van der Waals surface area contributed by atoms with Gasteiger partial charge in [-0.1, -0.05) is 6.58 Å². The molecule has 4 bridgehead atoms. The third-order valence-corrected chi connectivity index (χ3v) is 6.13. The molecule has 0 radical (unpaired) electrons. The molecule has 4 aliphatic rings. The molecule has 0 aromatic heterocycles. The quantitative estimate of drug-likeness (QED) is 0.416. The van der Waals surface area contributed by atoms with E-state index in [1.54, 1.807) is 0 Å². The Balaban J connectivity index is 1.67. The molecule has 2 saturated heterocycles. The first-order chi connectivity index (χ1) is 11.7. The van der Waals surface area contributed by atoms with Crippen LogP contribution in [0.1, 0.15) is 52.4 Å². The van der Waals surface area contributed by atoms with E-state index in [0.717, 1.165) is 31.8 Å². The lowest BCUT2D eigenvalue weighted by Gasteiger charge is -2.54. The van der Waals surface area contributed by atoms with Crippen molar-refractivity contribution in [3.63, 3.8) is 0 Å². The molecule has 6 heteroatoms. The summed E-state index contributed by atoms with van der Waals surface area (Å²) in [7, 11) is 0. The minimum absolute atomic E-state index is 0.00477. The van der Waals surface area contributed by atoms with E-state index in [4.69, 9.17) is 14.2 Å². The Hall–Kier alpha value is -1.85. The van der Waals surface area contributed by atoms with Crippen LogP contribution in [-0.4, -0.2) is 36.2 Å². The number of ether oxygens (including phenoxy) is 3.